The molecule has 0 bridgehead atoms. The van der Waals surface area contributed by atoms with Gasteiger partial charge in [-0.05, 0) is 40.5 Å². The standard InChI is InChI=1S/C13H23NO3/c1-10(9-15)14(11-7-5-6-8-11)12(16)17-13(2,3)4/h9-11H,5-8H2,1-4H3/t10-/m0/s1. The molecule has 1 aliphatic carbocycles. The van der Waals surface area contributed by atoms with E-state index in [1.54, 1.807) is 11.8 Å². The summed E-state index contributed by atoms with van der Waals surface area (Å²) in [4.78, 5) is 24.6. The topological polar surface area (TPSA) is 46.6 Å². The maximum atomic E-state index is 12.1. The molecule has 1 saturated carbocycles. The van der Waals surface area contributed by atoms with Crippen LogP contribution in [0, 0.1) is 0 Å². The molecule has 1 fully saturated rings. The third-order valence-corrected chi connectivity index (χ3v) is 2.96. The summed E-state index contributed by atoms with van der Waals surface area (Å²) in [5.41, 5.74) is -0.517. The first kappa shape index (κ1) is 14.0. The molecule has 4 nitrogen and oxygen atoms in total. The second-order valence-corrected chi connectivity index (χ2v) is 5.70. The second kappa shape index (κ2) is 5.52. The highest BCUT2D eigenvalue weighted by Crippen LogP contribution is 2.26. The fraction of sp³-hybridized carbons (Fsp3) is 0.846. The van der Waals surface area contributed by atoms with Crippen LogP contribution in [-0.2, 0) is 9.53 Å². The minimum atomic E-state index is -0.517. The maximum absolute atomic E-state index is 12.1. The van der Waals surface area contributed by atoms with E-state index in [0.717, 1.165) is 32.0 Å². The first-order chi connectivity index (χ1) is 7.85. The Balaban J connectivity index is 2.75. The van der Waals surface area contributed by atoms with E-state index < -0.39 is 11.6 Å². The zero-order valence-electron chi connectivity index (χ0n) is 11.2. The Morgan fingerprint density at radius 2 is 1.88 bits per heavy atom. The van der Waals surface area contributed by atoms with Gasteiger partial charge in [0.25, 0.3) is 0 Å². The molecule has 1 atom stereocenters. The number of ether oxygens (including phenoxy) is 1. The molecule has 0 unspecified atom stereocenters. The lowest BCUT2D eigenvalue weighted by atomic mass is 10.1. The fourth-order valence-corrected chi connectivity index (χ4v) is 2.21. The van der Waals surface area contributed by atoms with Crippen molar-refractivity contribution in [3.63, 3.8) is 0 Å². The van der Waals surface area contributed by atoms with Crippen LogP contribution in [0.15, 0.2) is 0 Å². The Hall–Kier alpha value is -1.06. The molecule has 0 radical (unpaired) electrons. The van der Waals surface area contributed by atoms with Gasteiger partial charge in [0.1, 0.15) is 11.9 Å². The first-order valence-corrected chi connectivity index (χ1v) is 6.32. The number of carbonyl (C=O) groups is 2. The van der Waals surface area contributed by atoms with E-state index in [2.05, 4.69) is 0 Å². The molecular formula is C13H23NO3. The zero-order valence-corrected chi connectivity index (χ0v) is 11.2. The van der Waals surface area contributed by atoms with Crippen LogP contribution in [0.4, 0.5) is 4.79 Å². The van der Waals surface area contributed by atoms with Crippen molar-refractivity contribution in [1.82, 2.24) is 4.90 Å². The minimum Gasteiger partial charge on any atom is -0.444 e. The molecule has 0 N–H and O–H groups in total. The summed E-state index contributed by atoms with van der Waals surface area (Å²) in [6.45, 7) is 7.26. The predicted octanol–water partition coefficient (Wildman–Crippen LogP) is 2.75. The van der Waals surface area contributed by atoms with Crippen molar-refractivity contribution >= 4 is 12.4 Å². The van der Waals surface area contributed by atoms with Crippen LogP contribution in [0.3, 0.4) is 0 Å². The third-order valence-electron chi connectivity index (χ3n) is 2.96. The molecule has 1 rings (SSSR count). The van der Waals surface area contributed by atoms with Crippen LogP contribution in [0.25, 0.3) is 0 Å². The van der Waals surface area contributed by atoms with Crippen molar-refractivity contribution < 1.29 is 14.3 Å². The van der Waals surface area contributed by atoms with E-state index in [0.29, 0.717) is 0 Å². The molecule has 17 heavy (non-hydrogen) atoms. The van der Waals surface area contributed by atoms with Gasteiger partial charge in [0.15, 0.2) is 0 Å². The average Bonchev–Trinajstić information content (AvgIpc) is 2.68. The van der Waals surface area contributed by atoms with Crippen molar-refractivity contribution in [1.29, 1.82) is 0 Å². The normalized spacial score (nSPS) is 18.8. The first-order valence-electron chi connectivity index (χ1n) is 6.32. The molecule has 98 valence electrons. The van der Waals surface area contributed by atoms with Gasteiger partial charge in [-0.2, -0.15) is 0 Å². The summed E-state index contributed by atoms with van der Waals surface area (Å²) in [5.74, 6) is 0. The molecule has 0 aromatic rings. The fourth-order valence-electron chi connectivity index (χ4n) is 2.21. The quantitative estimate of drug-likeness (QED) is 0.714. The molecule has 0 spiro atoms. The third kappa shape index (κ3) is 4.02. The SMILES string of the molecule is C[C@@H](C=O)N(C(=O)OC(C)(C)C)C1CCCC1. The summed E-state index contributed by atoms with van der Waals surface area (Å²) in [5, 5.41) is 0. The van der Waals surface area contributed by atoms with Crippen molar-refractivity contribution in [2.24, 2.45) is 0 Å². The van der Waals surface area contributed by atoms with Crippen LogP contribution in [-0.4, -0.2) is 35.0 Å². The Morgan fingerprint density at radius 3 is 2.29 bits per heavy atom. The van der Waals surface area contributed by atoms with E-state index in [1.807, 2.05) is 20.8 Å². The van der Waals surface area contributed by atoms with Gasteiger partial charge in [-0.15, -0.1) is 0 Å². The summed E-state index contributed by atoms with van der Waals surface area (Å²) >= 11 is 0. The Bertz CT molecular complexity index is 277. The molecule has 0 aromatic carbocycles. The smallest absolute Gasteiger partial charge is 0.411 e. The maximum Gasteiger partial charge on any atom is 0.411 e. The lowest BCUT2D eigenvalue weighted by molar-refractivity contribution is -0.112. The number of amides is 1. The molecule has 0 aromatic heterocycles. The van der Waals surface area contributed by atoms with Gasteiger partial charge in [-0.3, -0.25) is 4.90 Å². The van der Waals surface area contributed by atoms with Gasteiger partial charge in [-0.1, -0.05) is 12.8 Å². The Morgan fingerprint density at radius 1 is 1.35 bits per heavy atom. The number of carbonyl (C=O) groups excluding carboxylic acids is 2. The number of rotatable bonds is 3. The van der Waals surface area contributed by atoms with Gasteiger partial charge in [-0.25, -0.2) is 4.79 Å². The lowest BCUT2D eigenvalue weighted by Crippen LogP contribution is -2.47. The van der Waals surface area contributed by atoms with Crippen LogP contribution in [0.2, 0.25) is 0 Å². The van der Waals surface area contributed by atoms with Gasteiger partial charge in [0.2, 0.25) is 0 Å². The summed E-state index contributed by atoms with van der Waals surface area (Å²) in [6, 6.07) is -0.252. The van der Waals surface area contributed by atoms with Gasteiger partial charge in [0, 0.05) is 6.04 Å². The molecule has 1 aliphatic rings. The summed E-state index contributed by atoms with van der Waals surface area (Å²) in [6.07, 6.45) is 4.62. The molecule has 0 saturated heterocycles. The van der Waals surface area contributed by atoms with Crippen molar-refractivity contribution in [2.75, 3.05) is 0 Å². The average molecular weight is 241 g/mol. The van der Waals surface area contributed by atoms with Gasteiger partial charge in [0.05, 0.1) is 6.04 Å². The molecule has 1 amide bonds. The second-order valence-electron chi connectivity index (χ2n) is 5.70. The predicted molar refractivity (Wildman–Crippen MR) is 65.9 cm³/mol. The van der Waals surface area contributed by atoms with Gasteiger partial charge < -0.3 is 9.53 Å². The highest BCUT2D eigenvalue weighted by Gasteiger charge is 2.33. The molecule has 0 heterocycles. The van der Waals surface area contributed by atoms with E-state index in [9.17, 15) is 9.59 Å². The zero-order chi connectivity index (χ0) is 13.1. The summed E-state index contributed by atoms with van der Waals surface area (Å²) < 4.78 is 5.36. The van der Waals surface area contributed by atoms with E-state index in [4.69, 9.17) is 4.74 Å². The summed E-state index contributed by atoms with van der Waals surface area (Å²) in [7, 11) is 0. The number of aldehydes is 1. The van der Waals surface area contributed by atoms with Crippen LogP contribution >= 0.6 is 0 Å². The Kier molecular flexibility index (Phi) is 4.54. The monoisotopic (exact) mass is 241 g/mol. The van der Waals surface area contributed by atoms with Crippen LogP contribution in [0.1, 0.15) is 53.4 Å². The number of nitrogens with zero attached hydrogens (tertiary/aromatic N) is 1. The van der Waals surface area contributed by atoms with Crippen LogP contribution in [0.5, 0.6) is 0 Å². The lowest BCUT2D eigenvalue weighted by Gasteiger charge is -2.33. The Labute approximate surface area is 103 Å². The molecular weight excluding hydrogens is 218 g/mol. The number of hydrogen-bond donors (Lipinski definition) is 0. The minimum absolute atomic E-state index is 0.157. The van der Waals surface area contributed by atoms with Crippen molar-refractivity contribution in [3.8, 4) is 0 Å². The van der Waals surface area contributed by atoms with Crippen LogP contribution < -0.4 is 0 Å². The van der Waals surface area contributed by atoms with E-state index in [1.165, 1.54) is 0 Å². The molecule has 4 heteroatoms. The van der Waals surface area contributed by atoms with Crippen molar-refractivity contribution in [2.45, 2.75) is 71.1 Å². The number of hydrogen-bond acceptors (Lipinski definition) is 3. The van der Waals surface area contributed by atoms with Crippen molar-refractivity contribution in [3.05, 3.63) is 0 Å². The largest absolute Gasteiger partial charge is 0.444 e. The van der Waals surface area contributed by atoms with E-state index in [-0.39, 0.29) is 12.1 Å². The van der Waals surface area contributed by atoms with E-state index >= 15 is 0 Å². The van der Waals surface area contributed by atoms with Gasteiger partial charge >= 0.3 is 6.09 Å². The highest BCUT2D eigenvalue weighted by atomic mass is 16.6. The highest BCUT2D eigenvalue weighted by molar-refractivity contribution is 5.74. The molecule has 0 aliphatic heterocycles.